The van der Waals surface area contributed by atoms with Crippen molar-refractivity contribution in [1.82, 2.24) is 0 Å². The molecule has 3 nitrogen and oxygen atoms in total. The zero-order valence-electron chi connectivity index (χ0n) is 11.9. The molecule has 0 aliphatic rings. The zero-order chi connectivity index (χ0) is 13.6. The van der Waals surface area contributed by atoms with Gasteiger partial charge in [0.2, 0.25) is 0 Å². The van der Waals surface area contributed by atoms with Crippen LogP contribution in [0.1, 0.15) is 77.6 Å². The molecule has 0 heterocycles. The van der Waals surface area contributed by atoms with E-state index in [9.17, 15) is 4.79 Å². The highest BCUT2D eigenvalue weighted by Crippen LogP contribution is 2.18. The summed E-state index contributed by atoms with van der Waals surface area (Å²) in [5, 5.41) is 17.8. The average molecular weight is 258 g/mol. The smallest absolute Gasteiger partial charge is 0.306 e. The highest BCUT2D eigenvalue weighted by Gasteiger charge is 2.15. The average Bonchev–Trinajstić information content (AvgIpc) is 2.35. The Balaban J connectivity index is 3.49. The highest BCUT2D eigenvalue weighted by atomic mass is 16.4. The Hall–Kier alpha value is -0.570. The quantitative estimate of drug-likeness (QED) is 0.491. The van der Waals surface area contributed by atoms with Crippen molar-refractivity contribution in [2.75, 3.05) is 6.61 Å². The van der Waals surface area contributed by atoms with Gasteiger partial charge in [-0.25, -0.2) is 0 Å². The van der Waals surface area contributed by atoms with Gasteiger partial charge in [-0.05, 0) is 19.3 Å². The number of carboxylic acid groups (broad SMARTS) is 1. The number of carbonyl (C=O) groups is 1. The Kier molecular flexibility index (Phi) is 12.5. The van der Waals surface area contributed by atoms with Crippen LogP contribution < -0.4 is 0 Å². The normalized spacial score (nSPS) is 12.6. The lowest BCUT2D eigenvalue weighted by Crippen LogP contribution is -2.13. The number of aliphatic hydroxyl groups excluding tert-OH is 1. The number of aliphatic carboxylic acids is 1. The van der Waals surface area contributed by atoms with Gasteiger partial charge < -0.3 is 10.2 Å². The molecule has 18 heavy (non-hydrogen) atoms. The molecule has 2 N–H and O–H groups in total. The van der Waals surface area contributed by atoms with Crippen molar-refractivity contribution in [3.63, 3.8) is 0 Å². The van der Waals surface area contributed by atoms with E-state index < -0.39 is 5.97 Å². The molecule has 0 radical (unpaired) electrons. The fraction of sp³-hybridized carbons (Fsp3) is 0.933. The van der Waals surface area contributed by atoms with Gasteiger partial charge in [-0.2, -0.15) is 0 Å². The molecule has 0 aromatic heterocycles. The molecule has 0 fully saturated rings. The minimum atomic E-state index is -0.619. The first-order chi connectivity index (χ1) is 8.72. The summed E-state index contributed by atoms with van der Waals surface area (Å²) in [4.78, 5) is 11.1. The molecule has 0 spiro atoms. The van der Waals surface area contributed by atoms with E-state index in [1.807, 2.05) is 0 Å². The molecular weight excluding hydrogens is 228 g/mol. The summed E-state index contributed by atoms with van der Waals surface area (Å²) in [6, 6.07) is 0. The zero-order valence-corrected chi connectivity index (χ0v) is 11.9. The molecule has 0 bridgehead atoms. The van der Waals surface area contributed by atoms with Gasteiger partial charge in [-0.3, -0.25) is 4.79 Å². The molecule has 1 unspecified atom stereocenters. The Bertz CT molecular complexity index is 192. The number of carboxylic acids is 1. The fourth-order valence-electron chi connectivity index (χ4n) is 2.24. The van der Waals surface area contributed by atoms with Crippen molar-refractivity contribution < 1.29 is 15.0 Å². The second-order valence-corrected chi connectivity index (χ2v) is 5.16. The van der Waals surface area contributed by atoms with Crippen LogP contribution in [-0.2, 0) is 4.79 Å². The van der Waals surface area contributed by atoms with Crippen molar-refractivity contribution in [2.24, 2.45) is 5.92 Å². The molecule has 0 aromatic carbocycles. The summed E-state index contributed by atoms with van der Waals surface area (Å²) in [5.41, 5.74) is 0. The standard InChI is InChI=1S/C15H30O3/c1-2-3-8-11-14(15(17)18)12-9-6-4-5-7-10-13-16/h14,16H,2-13H2,1H3,(H,17,18). The minimum absolute atomic E-state index is 0.131. The Morgan fingerprint density at radius 2 is 1.39 bits per heavy atom. The van der Waals surface area contributed by atoms with Crippen molar-refractivity contribution in [3.8, 4) is 0 Å². The van der Waals surface area contributed by atoms with E-state index in [0.717, 1.165) is 64.2 Å². The highest BCUT2D eigenvalue weighted by molar-refractivity contribution is 5.69. The number of hydrogen-bond donors (Lipinski definition) is 2. The second-order valence-electron chi connectivity index (χ2n) is 5.16. The molecule has 0 aliphatic heterocycles. The first kappa shape index (κ1) is 17.4. The number of aliphatic hydroxyl groups is 1. The summed E-state index contributed by atoms with van der Waals surface area (Å²) < 4.78 is 0. The molecule has 1 atom stereocenters. The van der Waals surface area contributed by atoms with Gasteiger partial charge in [-0.1, -0.05) is 58.3 Å². The van der Waals surface area contributed by atoms with Gasteiger partial charge in [0, 0.05) is 6.61 Å². The first-order valence-corrected chi connectivity index (χ1v) is 7.56. The van der Waals surface area contributed by atoms with Crippen LogP contribution >= 0.6 is 0 Å². The lowest BCUT2D eigenvalue weighted by Gasteiger charge is -2.11. The maximum atomic E-state index is 11.1. The number of rotatable bonds is 13. The van der Waals surface area contributed by atoms with Gasteiger partial charge >= 0.3 is 5.97 Å². The molecule has 0 aliphatic carbocycles. The molecular formula is C15H30O3. The van der Waals surface area contributed by atoms with E-state index in [1.165, 1.54) is 6.42 Å². The monoisotopic (exact) mass is 258 g/mol. The number of hydrogen-bond acceptors (Lipinski definition) is 2. The van der Waals surface area contributed by atoms with Crippen LogP contribution in [0, 0.1) is 5.92 Å². The summed E-state index contributed by atoms with van der Waals surface area (Å²) in [7, 11) is 0. The molecule has 0 aromatic rings. The van der Waals surface area contributed by atoms with Crippen molar-refractivity contribution >= 4 is 5.97 Å². The third kappa shape index (κ3) is 10.6. The van der Waals surface area contributed by atoms with E-state index in [2.05, 4.69) is 6.92 Å². The van der Waals surface area contributed by atoms with E-state index in [-0.39, 0.29) is 5.92 Å². The Labute approximate surface area is 112 Å². The van der Waals surface area contributed by atoms with Crippen LogP contribution in [0.15, 0.2) is 0 Å². The van der Waals surface area contributed by atoms with Crippen molar-refractivity contribution in [1.29, 1.82) is 0 Å². The molecule has 3 heteroatoms. The first-order valence-electron chi connectivity index (χ1n) is 7.56. The molecule has 0 saturated carbocycles. The van der Waals surface area contributed by atoms with Gasteiger partial charge in [-0.15, -0.1) is 0 Å². The molecule has 0 amide bonds. The summed E-state index contributed by atoms with van der Waals surface area (Å²) in [6.45, 7) is 2.43. The van der Waals surface area contributed by atoms with E-state index >= 15 is 0 Å². The lowest BCUT2D eigenvalue weighted by atomic mass is 9.95. The Morgan fingerprint density at radius 1 is 0.889 bits per heavy atom. The SMILES string of the molecule is CCCCCC(CCCCCCCCO)C(=O)O. The van der Waals surface area contributed by atoms with E-state index in [4.69, 9.17) is 10.2 Å². The maximum Gasteiger partial charge on any atom is 0.306 e. The van der Waals surface area contributed by atoms with Crippen molar-refractivity contribution in [3.05, 3.63) is 0 Å². The summed E-state index contributed by atoms with van der Waals surface area (Å²) in [5.74, 6) is -0.750. The van der Waals surface area contributed by atoms with Crippen LogP contribution in [0.3, 0.4) is 0 Å². The summed E-state index contributed by atoms with van der Waals surface area (Å²) in [6.07, 6.45) is 11.5. The second kappa shape index (κ2) is 12.9. The van der Waals surface area contributed by atoms with Crippen LogP contribution in [-0.4, -0.2) is 22.8 Å². The van der Waals surface area contributed by atoms with Crippen LogP contribution in [0.5, 0.6) is 0 Å². The van der Waals surface area contributed by atoms with E-state index in [1.54, 1.807) is 0 Å². The van der Waals surface area contributed by atoms with E-state index in [0.29, 0.717) is 6.61 Å². The molecule has 0 saturated heterocycles. The lowest BCUT2D eigenvalue weighted by molar-refractivity contribution is -0.142. The van der Waals surface area contributed by atoms with Crippen molar-refractivity contribution in [2.45, 2.75) is 77.6 Å². The largest absolute Gasteiger partial charge is 0.481 e. The third-order valence-electron chi connectivity index (χ3n) is 3.47. The van der Waals surface area contributed by atoms with Crippen LogP contribution in [0.25, 0.3) is 0 Å². The van der Waals surface area contributed by atoms with Crippen LogP contribution in [0.4, 0.5) is 0 Å². The van der Waals surface area contributed by atoms with Crippen LogP contribution in [0.2, 0.25) is 0 Å². The predicted molar refractivity (Wildman–Crippen MR) is 74.7 cm³/mol. The number of unbranched alkanes of at least 4 members (excludes halogenated alkanes) is 7. The third-order valence-corrected chi connectivity index (χ3v) is 3.47. The predicted octanol–water partition coefficient (Wildman–Crippen LogP) is 3.99. The molecule has 0 rings (SSSR count). The molecule has 108 valence electrons. The van der Waals surface area contributed by atoms with Gasteiger partial charge in [0.15, 0.2) is 0 Å². The van der Waals surface area contributed by atoms with Gasteiger partial charge in [0.05, 0.1) is 5.92 Å². The topological polar surface area (TPSA) is 57.5 Å². The fourth-order valence-corrected chi connectivity index (χ4v) is 2.24. The van der Waals surface area contributed by atoms with Gasteiger partial charge in [0.25, 0.3) is 0 Å². The minimum Gasteiger partial charge on any atom is -0.481 e. The Morgan fingerprint density at radius 3 is 1.89 bits per heavy atom. The van der Waals surface area contributed by atoms with Gasteiger partial charge in [0.1, 0.15) is 0 Å². The summed E-state index contributed by atoms with van der Waals surface area (Å²) >= 11 is 0. The maximum absolute atomic E-state index is 11.1.